The highest BCUT2D eigenvalue weighted by Crippen LogP contribution is 2.44. The molecule has 0 spiro atoms. The van der Waals surface area contributed by atoms with Gasteiger partial charge in [0.25, 0.3) is 0 Å². The number of rotatable bonds is 9. The number of aliphatic carboxylic acids is 1. The van der Waals surface area contributed by atoms with Crippen LogP contribution in [-0.4, -0.2) is 32.8 Å². The molecule has 0 radical (unpaired) electrons. The van der Waals surface area contributed by atoms with Gasteiger partial charge in [0.05, 0.1) is 29.4 Å². The first-order valence-electron chi connectivity index (χ1n) is 12.1. The van der Waals surface area contributed by atoms with Crippen LogP contribution in [0.25, 0.3) is 11.3 Å². The summed E-state index contributed by atoms with van der Waals surface area (Å²) in [7, 11) is 0. The van der Waals surface area contributed by atoms with Crippen molar-refractivity contribution in [1.29, 1.82) is 0 Å². The lowest BCUT2D eigenvalue weighted by molar-refractivity contribution is -0.147. The minimum Gasteiger partial charge on any atom is -0.481 e. The molecular formula is C29H28N4O3. The Morgan fingerprint density at radius 3 is 2.19 bits per heavy atom. The van der Waals surface area contributed by atoms with Crippen molar-refractivity contribution in [2.45, 2.75) is 30.7 Å². The fourth-order valence-electron chi connectivity index (χ4n) is 4.62. The number of benzene rings is 3. The number of carboxylic acids is 1. The normalized spacial score (nSPS) is 15.0. The van der Waals surface area contributed by atoms with Crippen LogP contribution in [0.3, 0.4) is 0 Å². The number of aliphatic hydroxyl groups is 1. The number of carbonyl (C=O) groups is 1. The molecule has 1 aromatic heterocycles. The molecule has 1 heterocycles. The highest BCUT2D eigenvalue weighted by Gasteiger charge is 2.45. The molecular weight excluding hydrogens is 452 g/mol. The van der Waals surface area contributed by atoms with Gasteiger partial charge in [-0.3, -0.25) is 4.79 Å². The SMILES string of the molecule is O=C(O)C1(c2ccc(N(N[C@H](CO)c3ccccc3)c3nccc(-c4ccccc4)n3)cc2)CCC1. The van der Waals surface area contributed by atoms with E-state index in [9.17, 15) is 15.0 Å². The van der Waals surface area contributed by atoms with E-state index < -0.39 is 17.4 Å². The van der Waals surface area contributed by atoms with E-state index in [0.29, 0.717) is 18.8 Å². The Balaban J connectivity index is 1.53. The lowest BCUT2D eigenvalue weighted by atomic mass is 9.64. The van der Waals surface area contributed by atoms with E-state index >= 15 is 0 Å². The zero-order valence-corrected chi connectivity index (χ0v) is 19.8. The summed E-state index contributed by atoms with van der Waals surface area (Å²) in [5, 5.41) is 21.8. The van der Waals surface area contributed by atoms with Crippen molar-refractivity contribution >= 4 is 17.6 Å². The summed E-state index contributed by atoms with van der Waals surface area (Å²) in [6.07, 6.45) is 3.91. The minimum atomic E-state index is -0.807. The monoisotopic (exact) mass is 480 g/mol. The highest BCUT2D eigenvalue weighted by atomic mass is 16.4. The molecule has 1 atom stereocenters. The van der Waals surface area contributed by atoms with Crippen LogP contribution in [-0.2, 0) is 10.2 Å². The molecule has 1 aliphatic rings. The van der Waals surface area contributed by atoms with Crippen LogP contribution in [0.1, 0.15) is 36.4 Å². The summed E-state index contributed by atoms with van der Waals surface area (Å²) in [5.74, 6) is -0.366. The van der Waals surface area contributed by atoms with Gasteiger partial charge < -0.3 is 10.2 Å². The predicted octanol–water partition coefficient (Wildman–Crippen LogP) is 5.03. The van der Waals surface area contributed by atoms with E-state index in [4.69, 9.17) is 4.98 Å². The third kappa shape index (κ3) is 4.58. The molecule has 0 aliphatic heterocycles. The van der Waals surface area contributed by atoms with Crippen molar-refractivity contribution in [3.8, 4) is 11.3 Å². The molecule has 7 heteroatoms. The number of hydrazine groups is 1. The number of aliphatic hydroxyl groups excluding tert-OH is 1. The van der Waals surface area contributed by atoms with Crippen molar-refractivity contribution in [2.24, 2.45) is 0 Å². The second-order valence-electron chi connectivity index (χ2n) is 9.01. The van der Waals surface area contributed by atoms with Crippen LogP contribution < -0.4 is 10.4 Å². The van der Waals surface area contributed by atoms with E-state index in [-0.39, 0.29) is 6.61 Å². The number of anilines is 2. The first-order chi connectivity index (χ1) is 17.6. The van der Waals surface area contributed by atoms with Crippen LogP contribution in [0.4, 0.5) is 11.6 Å². The lowest BCUT2D eigenvalue weighted by Gasteiger charge is -2.38. The molecule has 1 saturated carbocycles. The van der Waals surface area contributed by atoms with Crippen molar-refractivity contribution in [2.75, 3.05) is 11.6 Å². The fraction of sp³-hybridized carbons (Fsp3) is 0.207. The average Bonchev–Trinajstić information content (AvgIpc) is 2.90. The highest BCUT2D eigenvalue weighted by molar-refractivity contribution is 5.83. The van der Waals surface area contributed by atoms with Crippen LogP contribution in [0.5, 0.6) is 0 Å². The Labute approximate surface area is 210 Å². The van der Waals surface area contributed by atoms with E-state index in [2.05, 4.69) is 10.4 Å². The molecule has 3 aromatic carbocycles. The van der Waals surface area contributed by atoms with Gasteiger partial charge >= 0.3 is 5.97 Å². The van der Waals surface area contributed by atoms with Crippen LogP contribution in [0, 0.1) is 0 Å². The third-order valence-corrected chi connectivity index (χ3v) is 6.88. The van der Waals surface area contributed by atoms with Gasteiger partial charge in [0.1, 0.15) is 0 Å². The van der Waals surface area contributed by atoms with Gasteiger partial charge in [0.2, 0.25) is 5.95 Å². The van der Waals surface area contributed by atoms with Gasteiger partial charge in [0, 0.05) is 11.8 Å². The molecule has 7 nitrogen and oxygen atoms in total. The lowest BCUT2D eigenvalue weighted by Crippen LogP contribution is -2.42. The minimum absolute atomic E-state index is 0.140. The summed E-state index contributed by atoms with van der Waals surface area (Å²) in [5.41, 5.74) is 6.75. The zero-order valence-electron chi connectivity index (χ0n) is 19.8. The van der Waals surface area contributed by atoms with Gasteiger partial charge in [-0.1, -0.05) is 79.2 Å². The summed E-state index contributed by atoms with van der Waals surface area (Å²) in [6.45, 7) is -0.140. The first kappa shape index (κ1) is 23.7. The molecule has 1 fully saturated rings. The third-order valence-electron chi connectivity index (χ3n) is 6.88. The first-order valence-corrected chi connectivity index (χ1v) is 12.1. The number of aromatic nitrogens is 2. The second kappa shape index (κ2) is 10.3. The van der Waals surface area contributed by atoms with E-state index in [1.807, 2.05) is 91.0 Å². The van der Waals surface area contributed by atoms with E-state index in [1.54, 1.807) is 11.2 Å². The summed E-state index contributed by atoms with van der Waals surface area (Å²) in [6, 6.07) is 28.5. The van der Waals surface area contributed by atoms with Crippen molar-refractivity contribution in [3.05, 3.63) is 108 Å². The number of hydrogen-bond acceptors (Lipinski definition) is 6. The Hall–Kier alpha value is -4.07. The Morgan fingerprint density at radius 1 is 0.944 bits per heavy atom. The summed E-state index contributed by atoms with van der Waals surface area (Å²) >= 11 is 0. The average molecular weight is 481 g/mol. The molecule has 3 N–H and O–H groups in total. The standard InChI is InChI=1S/C29H28N4O3/c34-20-26(22-10-5-2-6-11-22)32-33(28-30-19-16-25(31-28)21-8-3-1-4-9-21)24-14-12-23(13-15-24)29(27(35)36)17-7-18-29/h1-6,8-16,19,26,32,34H,7,17-18,20H2,(H,35,36)/t26-/m1/s1. The Kier molecular flexibility index (Phi) is 6.75. The number of hydrogen-bond donors (Lipinski definition) is 3. The molecule has 36 heavy (non-hydrogen) atoms. The van der Waals surface area contributed by atoms with Crippen LogP contribution >= 0.6 is 0 Å². The van der Waals surface area contributed by atoms with Crippen molar-refractivity contribution < 1.29 is 15.0 Å². The maximum atomic E-state index is 12.0. The van der Waals surface area contributed by atoms with Crippen LogP contribution in [0.15, 0.2) is 97.2 Å². The molecule has 0 amide bonds. The Bertz CT molecular complexity index is 1310. The quantitative estimate of drug-likeness (QED) is 0.289. The van der Waals surface area contributed by atoms with Crippen molar-refractivity contribution in [3.63, 3.8) is 0 Å². The molecule has 1 aliphatic carbocycles. The van der Waals surface area contributed by atoms with Gasteiger partial charge in [-0.2, -0.15) is 0 Å². The fourth-order valence-corrected chi connectivity index (χ4v) is 4.62. The zero-order chi connectivity index (χ0) is 25.0. The maximum Gasteiger partial charge on any atom is 0.314 e. The molecule has 4 aromatic rings. The van der Waals surface area contributed by atoms with E-state index in [1.165, 1.54) is 0 Å². The number of nitrogens with one attached hydrogen (secondary N) is 1. The van der Waals surface area contributed by atoms with Gasteiger partial charge in [0.15, 0.2) is 0 Å². The second-order valence-corrected chi connectivity index (χ2v) is 9.01. The predicted molar refractivity (Wildman–Crippen MR) is 139 cm³/mol. The van der Waals surface area contributed by atoms with E-state index in [0.717, 1.165) is 34.5 Å². The summed E-state index contributed by atoms with van der Waals surface area (Å²) in [4.78, 5) is 21.3. The van der Waals surface area contributed by atoms with Crippen molar-refractivity contribution in [1.82, 2.24) is 15.4 Å². The maximum absolute atomic E-state index is 12.0. The Morgan fingerprint density at radius 2 is 1.61 bits per heavy atom. The topological polar surface area (TPSA) is 98.6 Å². The molecule has 5 rings (SSSR count). The van der Waals surface area contributed by atoms with Gasteiger partial charge in [-0.05, 0) is 42.2 Å². The van der Waals surface area contributed by atoms with Crippen LogP contribution in [0.2, 0.25) is 0 Å². The molecule has 0 saturated heterocycles. The smallest absolute Gasteiger partial charge is 0.314 e. The molecule has 0 unspecified atom stereocenters. The van der Waals surface area contributed by atoms with Gasteiger partial charge in [-0.15, -0.1) is 0 Å². The number of nitrogens with zero attached hydrogens (tertiary/aromatic N) is 3. The molecule has 0 bridgehead atoms. The van der Waals surface area contributed by atoms with Gasteiger partial charge in [-0.25, -0.2) is 20.4 Å². The largest absolute Gasteiger partial charge is 0.481 e. The molecule has 182 valence electrons. The number of carboxylic acid groups (broad SMARTS) is 1. The summed E-state index contributed by atoms with van der Waals surface area (Å²) < 4.78 is 0.